The smallest absolute Gasteiger partial charge is 0.165 e. The molecule has 0 heterocycles. The summed E-state index contributed by atoms with van der Waals surface area (Å²) < 4.78 is 32.6. The highest BCUT2D eigenvalue weighted by Crippen LogP contribution is 2.25. The van der Waals surface area contributed by atoms with Gasteiger partial charge in [0, 0.05) is 11.1 Å². The van der Waals surface area contributed by atoms with E-state index in [-0.39, 0.29) is 23.8 Å². The third-order valence-corrected chi connectivity index (χ3v) is 3.03. The second kappa shape index (κ2) is 6.36. The largest absolute Gasteiger partial charge is 0.485 e. The molecule has 2 aromatic rings. The number of para-hydroxylation sites is 1. The van der Waals surface area contributed by atoms with Crippen LogP contribution in [-0.4, -0.2) is 0 Å². The van der Waals surface area contributed by atoms with E-state index in [1.165, 1.54) is 30.3 Å². The van der Waals surface area contributed by atoms with E-state index in [0.29, 0.717) is 11.1 Å². The first-order valence-corrected chi connectivity index (χ1v) is 6.34. The van der Waals surface area contributed by atoms with Crippen LogP contribution in [0.15, 0.2) is 36.4 Å². The Bertz CT molecular complexity index is 667. The molecule has 0 aromatic heterocycles. The van der Waals surface area contributed by atoms with Gasteiger partial charge in [-0.05, 0) is 24.3 Å². The summed E-state index contributed by atoms with van der Waals surface area (Å²) in [4.78, 5) is 0. The summed E-state index contributed by atoms with van der Waals surface area (Å²) in [6.45, 7) is -0.174. The molecule has 0 atom stereocenters. The predicted molar refractivity (Wildman–Crippen MR) is 71.4 cm³/mol. The van der Waals surface area contributed by atoms with E-state index in [9.17, 15) is 8.78 Å². The Balaban J connectivity index is 2.23. The van der Waals surface area contributed by atoms with Gasteiger partial charge < -0.3 is 4.74 Å². The summed E-state index contributed by atoms with van der Waals surface area (Å²) in [6, 6.07) is 10.2. The Labute approximate surface area is 120 Å². The van der Waals surface area contributed by atoms with Crippen molar-refractivity contribution in [2.24, 2.45) is 0 Å². The van der Waals surface area contributed by atoms with E-state index in [1.807, 2.05) is 6.07 Å². The Kier molecular flexibility index (Phi) is 4.54. The quantitative estimate of drug-likeness (QED) is 0.793. The van der Waals surface area contributed by atoms with Crippen molar-refractivity contribution in [2.45, 2.75) is 12.5 Å². The second-order valence-corrected chi connectivity index (χ2v) is 4.34. The molecule has 0 fully saturated rings. The van der Waals surface area contributed by atoms with Crippen LogP contribution in [0.3, 0.4) is 0 Å². The molecule has 0 amide bonds. The molecule has 0 aliphatic rings. The minimum absolute atomic E-state index is 0.00395. The lowest BCUT2D eigenvalue weighted by atomic mass is 10.1. The summed E-state index contributed by atoms with van der Waals surface area (Å²) >= 11 is 5.70. The molecule has 2 nitrogen and oxygen atoms in total. The summed E-state index contributed by atoms with van der Waals surface area (Å²) in [6.07, 6.45) is 0. The molecule has 0 aliphatic carbocycles. The fraction of sp³-hybridized carbons (Fsp3) is 0.133. The van der Waals surface area contributed by atoms with Crippen LogP contribution in [-0.2, 0) is 12.5 Å². The number of nitrogens with zero attached hydrogens (tertiary/aromatic N) is 1. The van der Waals surface area contributed by atoms with Gasteiger partial charge >= 0.3 is 0 Å². The monoisotopic (exact) mass is 293 g/mol. The van der Waals surface area contributed by atoms with E-state index < -0.39 is 11.6 Å². The van der Waals surface area contributed by atoms with Crippen LogP contribution in [0.25, 0.3) is 0 Å². The molecule has 0 spiro atoms. The topological polar surface area (TPSA) is 33.0 Å². The zero-order chi connectivity index (χ0) is 14.5. The molecule has 0 bridgehead atoms. The lowest BCUT2D eigenvalue weighted by Gasteiger charge is -2.11. The number of hydrogen-bond donors (Lipinski definition) is 0. The minimum Gasteiger partial charge on any atom is -0.485 e. The van der Waals surface area contributed by atoms with Gasteiger partial charge in [-0.2, -0.15) is 5.26 Å². The Morgan fingerprint density at radius 3 is 2.60 bits per heavy atom. The molecule has 102 valence electrons. The second-order valence-electron chi connectivity index (χ2n) is 4.07. The summed E-state index contributed by atoms with van der Waals surface area (Å²) in [5.74, 6) is -0.967. The van der Waals surface area contributed by atoms with Gasteiger partial charge in [0.2, 0.25) is 0 Å². The van der Waals surface area contributed by atoms with Crippen molar-refractivity contribution in [3.8, 4) is 11.8 Å². The fourth-order valence-corrected chi connectivity index (χ4v) is 1.94. The van der Waals surface area contributed by atoms with Gasteiger partial charge in [0.1, 0.15) is 12.4 Å². The first kappa shape index (κ1) is 14.3. The highest BCUT2D eigenvalue weighted by Gasteiger charge is 2.11. The van der Waals surface area contributed by atoms with E-state index in [2.05, 4.69) is 0 Å². The van der Waals surface area contributed by atoms with Gasteiger partial charge in [-0.15, -0.1) is 11.6 Å². The Morgan fingerprint density at radius 2 is 1.90 bits per heavy atom. The lowest BCUT2D eigenvalue weighted by Crippen LogP contribution is -2.02. The van der Waals surface area contributed by atoms with Gasteiger partial charge in [0.15, 0.2) is 11.6 Å². The number of halogens is 3. The van der Waals surface area contributed by atoms with Crippen molar-refractivity contribution in [1.29, 1.82) is 5.26 Å². The maximum Gasteiger partial charge on any atom is 0.165 e. The standard InChI is InChI=1S/C15H10ClF2NO/c16-7-11-2-1-3-14(18)15(11)20-9-12-6-10(8-19)4-5-13(12)17/h1-6H,7,9H2. The molecule has 0 saturated heterocycles. The molecule has 20 heavy (non-hydrogen) atoms. The summed E-state index contributed by atoms with van der Waals surface area (Å²) in [7, 11) is 0. The number of rotatable bonds is 4. The first-order valence-electron chi connectivity index (χ1n) is 5.80. The van der Waals surface area contributed by atoms with Crippen molar-refractivity contribution in [2.75, 3.05) is 0 Å². The average Bonchev–Trinajstić information content (AvgIpc) is 2.47. The third kappa shape index (κ3) is 3.06. The van der Waals surface area contributed by atoms with E-state index in [1.54, 1.807) is 6.07 Å². The van der Waals surface area contributed by atoms with Crippen molar-refractivity contribution in [1.82, 2.24) is 0 Å². The number of nitriles is 1. The van der Waals surface area contributed by atoms with Crippen LogP contribution in [0.1, 0.15) is 16.7 Å². The fourth-order valence-electron chi connectivity index (χ4n) is 1.73. The Morgan fingerprint density at radius 1 is 1.10 bits per heavy atom. The predicted octanol–water partition coefficient (Wildman–Crippen LogP) is 4.15. The summed E-state index contributed by atoms with van der Waals surface area (Å²) in [5.41, 5.74) is 0.993. The molecular weight excluding hydrogens is 284 g/mol. The molecule has 2 aromatic carbocycles. The van der Waals surface area contributed by atoms with E-state index >= 15 is 0 Å². The number of ether oxygens (including phenoxy) is 1. The molecule has 0 saturated carbocycles. The van der Waals surface area contributed by atoms with Gasteiger partial charge in [0.05, 0.1) is 17.5 Å². The number of benzene rings is 2. The van der Waals surface area contributed by atoms with Crippen LogP contribution < -0.4 is 4.74 Å². The average molecular weight is 294 g/mol. The maximum absolute atomic E-state index is 13.7. The van der Waals surface area contributed by atoms with Crippen LogP contribution in [0.4, 0.5) is 8.78 Å². The highest BCUT2D eigenvalue weighted by molar-refractivity contribution is 6.17. The zero-order valence-electron chi connectivity index (χ0n) is 10.4. The summed E-state index contributed by atoms with van der Waals surface area (Å²) in [5, 5.41) is 8.77. The molecular formula is C15H10ClF2NO. The van der Waals surface area contributed by atoms with Gasteiger partial charge in [0.25, 0.3) is 0 Å². The minimum atomic E-state index is -0.556. The van der Waals surface area contributed by atoms with Crippen LogP contribution >= 0.6 is 11.6 Å². The third-order valence-electron chi connectivity index (χ3n) is 2.74. The first-order chi connectivity index (χ1) is 9.65. The van der Waals surface area contributed by atoms with Crippen LogP contribution in [0.5, 0.6) is 5.75 Å². The van der Waals surface area contributed by atoms with Crippen molar-refractivity contribution < 1.29 is 13.5 Å². The van der Waals surface area contributed by atoms with Crippen LogP contribution in [0, 0.1) is 23.0 Å². The maximum atomic E-state index is 13.7. The van der Waals surface area contributed by atoms with Gasteiger partial charge in [-0.25, -0.2) is 8.78 Å². The molecule has 0 aliphatic heterocycles. The van der Waals surface area contributed by atoms with Crippen molar-refractivity contribution in [3.63, 3.8) is 0 Å². The molecule has 2 rings (SSSR count). The van der Waals surface area contributed by atoms with Gasteiger partial charge in [-0.3, -0.25) is 0 Å². The molecule has 5 heteroatoms. The SMILES string of the molecule is N#Cc1ccc(F)c(COc2c(F)cccc2CCl)c1. The van der Waals surface area contributed by atoms with Gasteiger partial charge in [-0.1, -0.05) is 12.1 Å². The highest BCUT2D eigenvalue weighted by atomic mass is 35.5. The normalized spacial score (nSPS) is 10.1. The number of alkyl halides is 1. The molecule has 0 N–H and O–H groups in total. The Hall–Kier alpha value is -2.12. The lowest BCUT2D eigenvalue weighted by molar-refractivity contribution is 0.282. The van der Waals surface area contributed by atoms with E-state index in [0.717, 1.165) is 0 Å². The zero-order valence-corrected chi connectivity index (χ0v) is 11.1. The van der Waals surface area contributed by atoms with Crippen LogP contribution in [0.2, 0.25) is 0 Å². The molecule has 0 radical (unpaired) electrons. The van der Waals surface area contributed by atoms with E-state index in [4.69, 9.17) is 21.6 Å². The van der Waals surface area contributed by atoms with Crippen molar-refractivity contribution in [3.05, 3.63) is 64.7 Å². The van der Waals surface area contributed by atoms with Crippen molar-refractivity contribution >= 4 is 11.6 Å². The molecule has 0 unspecified atom stereocenters. The number of hydrogen-bond acceptors (Lipinski definition) is 2.